The van der Waals surface area contributed by atoms with Gasteiger partial charge in [-0.3, -0.25) is 0 Å². The number of hydrogen-bond acceptors (Lipinski definition) is 0. The summed E-state index contributed by atoms with van der Waals surface area (Å²) in [6, 6.07) is 21.9. The molecule has 0 saturated heterocycles. The standard InChI is InChI=1S/C19H20/c1-2-3-14-17-18(15-10-6-4-7-11-15)19(17)16-12-8-5-9-13-16/h2,4-13,17-19H,1,3,14H2/t17?,18-,19+. The average molecular weight is 248 g/mol. The Morgan fingerprint density at radius 3 is 1.68 bits per heavy atom. The molecular formula is C19H20. The van der Waals surface area contributed by atoms with Gasteiger partial charge in [0.05, 0.1) is 0 Å². The van der Waals surface area contributed by atoms with Gasteiger partial charge in [-0.1, -0.05) is 66.7 Å². The van der Waals surface area contributed by atoms with Crippen LogP contribution in [0.25, 0.3) is 0 Å². The largest absolute Gasteiger partial charge is 0.103 e. The first-order valence-corrected chi connectivity index (χ1v) is 7.12. The maximum atomic E-state index is 3.86. The molecule has 0 aliphatic heterocycles. The zero-order chi connectivity index (χ0) is 13.1. The van der Waals surface area contributed by atoms with Crippen LogP contribution in [0.4, 0.5) is 0 Å². The van der Waals surface area contributed by atoms with Crippen molar-refractivity contribution in [1.82, 2.24) is 0 Å². The van der Waals surface area contributed by atoms with Gasteiger partial charge in [0.2, 0.25) is 0 Å². The van der Waals surface area contributed by atoms with Gasteiger partial charge >= 0.3 is 0 Å². The fourth-order valence-electron chi connectivity index (χ4n) is 3.30. The predicted molar refractivity (Wildman–Crippen MR) is 81.3 cm³/mol. The Morgan fingerprint density at radius 1 is 0.789 bits per heavy atom. The molecule has 0 spiro atoms. The second kappa shape index (κ2) is 5.44. The molecule has 3 atom stereocenters. The molecule has 0 heteroatoms. The van der Waals surface area contributed by atoms with Gasteiger partial charge in [0.25, 0.3) is 0 Å². The summed E-state index contributed by atoms with van der Waals surface area (Å²) in [5, 5.41) is 0. The molecule has 2 aromatic carbocycles. The van der Waals surface area contributed by atoms with Crippen molar-refractivity contribution in [3.8, 4) is 0 Å². The van der Waals surface area contributed by atoms with Crippen LogP contribution in [-0.4, -0.2) is 0 Å². The van der Waals surface area contributed by atoms with E-state index in [1.165, 1.54) is 17.5 Å². The fraction of sp³-hybridized carbons (Fsp3) is 0.263. The topological polar surface area (TPSA) is 0 Å². The van der Waals surface area contributed by atoms with Crippen LogP contribution in [0.2, 0.25) is 0 Å². The monoisotopic (exact) mass is 248 g/mol. The summed E-state index contributed by atoms with van der Waals surface area (Å²) in [5.41, 5.74) is 2.98. The Balaban J connectivity index is 1.84. The zero-order valence-corrected chi connectivity index (χ0v) is 11.2. The molecule has 0 aromatic heterocycles. The van der Waals surface area contributed by atoms with E-state index < -0.39 is 0 Å². The number of rotatable bonds is 5. The molecule has 0 nitrogen and oxygen atoms in total. The lowest BCUT2D eigenvalue weighted by Gasteiger charge is -2.00. The molecular weight excluding hydrogens is 228 g/mol. The highest BCUT2D eigenvalue weighted by Gasteiger charge is 2.50. The van der Waals surface area contributed by atoms with Crippen LogP contribution >= 0.6 is 0 Å². The molecule has 2 aromatic rings. The molecule has 0 heterocycles. The molecule has 0 radical (unpaired) electrons. The lowest BCUT2D eigenvalue weighted by Crippen LogP contribution is -1.82. The summed E-state index contributed by atoms with van der Waals surface area (Å²) < 4.78 is 0. The minimum atomic E-state index is 0.698. The first kappa shape index (κ1) is 12.2. The Kier molecular flexibility index (Phi) is 3.50. The van der Waals surface area contributed by atoms with Crippen LogP contribution in [-0.2, 0) is 0 Å². The van der Waals surface area contributed by atoms with Gasteiger partial charge in [-0.15, -0.1) is 6.58 Å². The van der Waals surface area contributed by atoms with E-state index in [1.54, 1.807) is 0 Å². The van der Waals surface area contributed by atoms with Crippen molar-refractivity contribution in [2.45, 2.75) is 24.7 Å². The summed E-state index contributed by atoms with van der Waals surface area (Å²) in [4.78, 5) is 0. The molecule has 1 aliphatic rings. The van der Waals surface area contributed by atoms with E-state index in [-0.39, 0.29) is 0 Å². The van der Waals surface area contributed by atoms with E-state index in [9.17, 15) is 0 Å². The van der Waals surface area contributed by atoms with E-state index in [0.29, 0.717) is 11.8 Å². The van der Waals surface area contributed by atoms with Crippen LogP contribution in [0.3, 0.4) is 0 Å². The predicted octanol–water partition coefficient (Wildman–Crippen LogP) is 5.15. The molecule has 96 valence electrons. The van der Waals surface area contributed by atoms with Crippen molar-refractivity contribution >= 4 is 0 Å². The SMILES string of the molecule is C=CCCC1[C@@H](c2ccccc2)[C@H]1c1ccccc1. The van der Waals surface area contributed by atoms with Crippen LogP contribution in [0, 0.1) is 5.92 Å². The zero-order valence-electron chi connectivity index (χ0n) is 11.2. The van der Waals surface area contributed by atoms with Crippen molar-refractivity contribution in [2.75, 3.05) is 0 Å². The normalized spacial score (nSPS) is 24.9. The third-order valence-corrected chi connectivity index (χ3v) is 4.24. The Morgan fingerprint density at radius 2 is 1.26 bits per heavy atom. The van der Waals surface area contributed by atoms with Crippen LogP contribution in [0.15, 0.2) is 73.3 Å². The van der Waals surface area contributed by atoms with E-state index in [4.69, 9.17) is 0 Å². The number of allylic oxidation sites excluding steroid dienone is 1. The first-order valence-electron chi connectivity index (χ1n) is 7.12. The number of benzene rings is 2. The molecule has 1 aliphatic carbocycles. The molecule has 3 rings (SSSR count). The molecule has 1 fully saturated rings. The fourth-order valence-corrected chi connectivity index (χ4v) is 3.30. The highest BCUT2D eigenvalue weighted by molar-refractivity contribution is 5.38. The summed E-state index contributed by atoms with van der Waals surface area (Å²) in [6.07, 6.45) is 4.42. The summed E-state index contributed by atoms with van der Waals surface area (Å²) >= 11 is 0. The molecule has 19 heavy (non-hydrogen) atoms. The van der Waals surface area contributed by atoms with Gasteiger partial charge in [-0.25, -0.2) is 0 Å². The minimum Gasteiger partial charge on any atom is -0.103 e. The molecule has 0 amide bonds. The van der Waals surface area contributed by atoms with Crippen molar-refractivity contribution in [2.24, 2.45) is 5.92 Å². The highest BCUT2D eigenvalue weighted by atomic mass is 14.5. The van der Waals surface area contributed by atoms with Gasteiger partial charge < -0.3 is 0 Å². The van der Waals surface area contributed by atoms with Crippen molar-refractivity contribution < 1.29 is 0 Å². The van der Waals surface area contributed by atoms with E-state index in [0.717, 1.165) is 12.3 Å². The lowest BCUT2D eigenvalue weighted by atomic mass is 10.0. The highest BCUT2D eigenvalue weighted by Crippen LogP contribution is 2.62. The summed E-state index contributed by atoms with van der Waals surface area (Å²) in [7, 11) is 0. The van der Waals surface area contributed by atoms with Crippen molar-refractivity contribution in [3.63, 3.8) is 0 Å². The van der Waals surface area contributed by atoms with E-state index in [1.807, 2.05) is 6.08 Å². The Labute approximate surface area is 115 Å². The van der Waals surface area contributed by atoms with Gasteiger partial charge in [0, 0.05) is 0 Å². The third kappa shape index (κ3) is 2.49. The smallest absolute Gasteiger partial charge is 0.00557 e. The van der Waals surface area contributed by atoms with Gasteiger partial charge in [-0.05, 0) is 41.7 Å². The number of hydrogen-bond donors (Lipinski definition) is 0. The molecule has 1 unspecified atom stereocenters. The van der Waals surface area contributed by atoms with Crippen LogP contribution < -0.4 is 0 Å². The van der Waals surface area contributed by atoms with Gasteiger partial charge in [-0.2, -0.15) is 0 Å². The van der Waals surface area contributed by atoms with E-state index >= 15 is 0 Å². The molecule has 0 bridgehead atoms. The molecule has 0 N–H and O–H groups in total. The van der Waals surface area contributed by atoms with Crippen molar-refractivity contribution in [3.05, 3.63) is 84.4 Å². The third-order valence-electron chi connectivity index (χ3n) is 4.24. The quantitative estimate of drug-likeness (QED) is 0.642. The van der Waals surface area contributed by atoms with E-state index in [2.05, 4.69) is 67.2 Å². The average Bonchev–Trinajstić information content (AvgIpc) is 3.21. The second-order valence-electron chi connectivity index (χ2n) is 5.40. The van der Waals surface area contributed by atoms with Crippen LogP contribution in [0.1, 0.15) is 35.8 Å². The van der Waals surface area contributed by atoms with Gasteiger partial charge in [0.15, 0.2) is 0 Å². The molecule has 1 saturated carbocycles. The maximum absolute atomic E-state index is 3.86. The summed E-state index contributed by atoms with van der Waals surface area (Å²) in [6.45, 7) is 3.86. The minimum absolute atomic E-state index is 0.698. The van der Waals surface area contributed by atoms with Gasteiger partial charge in [0.1, 0.15) is 0 Å². The van der Waals surface area contributed by atoms with Crippen LogP contribution in [0.5, 0.6) is 0 Å². The first-order chi connectivity index (χ1) is 9.42. The van der Waals surface area contributed by atoms with Crippen molar-refractivity contribution in [1.29, 1.82) is 0 Å². The second-order valence-corrected chi connectivity index (χ2v) is 5.40. The summed E-state index contributed by atoms with van der Waals surface area (Å²) in [5.74, 6) is 2.18. The lowest BCUT2D eigenvalue weighted by molar-refractivity contribution is 0.702. The Hall–Kier alpha value is -1.82. The maximum Gasteiger partial charge on any atom is -0.00557 e. The Bertz CT molecular complexity index is 481.